The van der Waals surface area contributed by atoms with Gasteiger partial charge in [0.05, 0.1) is 0 Å². The van der Waals surface area contributed by atoms with E-state index in [0.717, 1.165) is 25.9 Å². The number of amides is 1. The molecule has 2 heterocycles. The van der Waals surface area contributed by atoms with Crippen molar-refractivity contribution in [1.29, 1.82) is 0 Å². The summed E-state index contributed by atoms with van der Waals surface area (Å²) in [6.07, 6.45) is 4.51. The van der Waals surface area contributed by atoms with E-state index in [1.807, 2.05) is 4.90 Å². The third kappa shape index (κ3) is 4.04. The number of nitrogens with one attached hydrogen (secondary N) is 1. The second kappa shape index (κ2) is 7.19. The maximum absolute atomic E-state index is 12.4. The Kier molecular flexibility index (Phi) is 4.97. The molecule has 2 aliphatic rings. The van der Waals surface area contributed by atoms with Crippen LogP contribution in [0.25, 0.3) is 0 Å². The number of piperidine rings is 1. The zero-order valence-corrected chi connectivity index (χ0v) is 14.9. The van der Waals surface area contributed by atoms with Gasteiger partial charge in [0.1, 0.15) is 0 Å². The Morgan fingerprint density at radius 2 is 1.62 bits per heavy atom. The van der Waals surface area contributed by atoms with Crippen LogP contribution in [0.3, 0.4) is 0 Å². The first kappa shape index (κ1) is 18.0. The van der Waals surface area contributed by atoms with E-state index in [-0.39, 0.29) is 11.5 Å². The van der Waals surface area contributed by atoms with Gasteiger partial charge in [0.2, 0.25) is 0 Å². The Labute approximate surface area is 151 Å². The molecule has 7 nitrogen and oxygen atoms in total. The summed E-state index contributed by atoms with van der Waals surface area (Å²) in [5.41, 5.74) is 1.04. The largest absolute Gasteiger partial charge is 0.419 e. The van der Waals surface area contributed by atoms with E-state index < -0.39 is 17.7 Å². The van der Waals surface area contributed by atoms with Crippen molar-refractivity contribution in [2.24, 2.45) is 0 Å². The second-order valence-corrected chi connectivity index (χ2v) is 6.81. The number of ether oxygens (including phenoxy) is 2. The summed E-state index contributed by atoms with van der Waals surface area (Å²) in [5, 5.41) is 2.86. The maximum Gasteiger partial charge on any atom is 0.350 e. The summed E-state index contributed by atoms with van der Waals surface area (Å²) >= 11 is 0. The summed E-state index contributed by atoms with van der Waals surface area (Å²) in [5.74, 6) is -2.72. The van der Waals surface area contributed by atoms with Crippen LogP contribution in [-0.4, -0.2) is 41.6 Å². The van der Waals surface area contributed by atoms with Gasteiger partial charge in [-0.2, -0.15) is 0 Å². The fourth-order valence-electron chi connectivity index (χ4n) is 2.92. The maximum atomic E-state index is 12.4. The third-order valence-corrected chi connectivity index (χ3v) is 4.28. The zero-order valence-electron chi connectivity index (χ0n) is 14.9. The molecule has 2 aliphatic heterocycles. The molecule has 1 amide bonds. The molecule has 2 fully saturated rings. The Hall–Kier alpha value is -2.83. The topological polar surface area (TPSA) is 84.9 Å². The number of carbonyl (C=O) groups excluding carboxylic acids is 3. The normalized spacial score (nSPS) is 19.5. The van der Waals surface area contributed by atoms with E-state index in [1.165, 1.54) is 26.5 Å². The molecular formula is C19H22N2O5. The number of esters is 2. The van der Waals surface area contributed by atoms with Crippen LogP contribution < -0.4 is 5.32 Å². The number of rotatable bonds is 3. The van der Waals surface area contributed by atoms with Gasteiger partial charge in [0, 0.05) is 44.4 Å². The van der Waals surface area contributed by atoms with Crippen molar-refractivity contribution in [1.82, 2.24) is 4.90 Å². The molecule has 1 aromatic rings. The second-order valence-electron chi connectivity index (χ2n) is 6.81. The SMILES string of the molecule is CC1(C)OC(=O)C(=CNc2ccc(C(=O)N3CCCCC3)cc2)C(=O)O1. The van der Waals surface area contributed by atoms with Crippen molar-refractivity contribution in [2.45, 2.75) is 38.9 Å². The quantitative estimate of drug-likeness (QED) is 0.507. The van der Waals surface area contributed by atoms with Crippen LogP contribution in [-0.2, 0) is 19.1 Å². The van der Waals surface area contributed by atoms with Crippen LogP contribution in [0.4, 0.5) is 5.69 Å². The molecule has 0 saturated carbocycles. The molecule has 0 aromatic heterocycles. The van der Waals surface area contributed by atoms with Crippen LogP contribution in [0.1, 0.15) is 43.5 Å². The van der Waals surface area contributed by atoms with E-state index in [4.69, 9.17) is 9.47 Å². The lowest BCUT2D eigenvalue weighted by Gasteiger charge is -2.29. The molecule has 0 spiro atoms. The number of nitrogens with zero attached hydrogens (tertiary/aromatic N) is 1. The first-order valence-corrected chi connectivity index (χ1v) is 8.68. The Bertz CT molecular complexity index is 724. The molecule has 1 aromatic carbocycles. The van der Waals surface area contributed by atoms with Crippen LogP contribution >= 0.6 is 0 Å². The van der Waals surface area contributed by atoms with Gasteiger partial charge in [-0.25, -0.2) is 9.59 Å². The first-order chi connectivity index (χ1) is 12.4. The summed E-state index contributed by atoms with van der Waals surface area (Å²) in [6, 6.07) is 6.88. The van der Waals surface area contributed by atoms with Crippen LogP contribution in [0.5, 0.6) is 0 Å². The molecule has 1 N–H and O–H groups in total. The molecule has 7 heteroatoms. The molecular weight excluding hydrogens is 336 g/mol. The standard InChI is InChI=1S/C19H22N2O5/c1-19(2)25-17(23)15(18(24)26-19)12-20-14-8-6-13(7-9-14)16(22)21-10-4-3-5-11-21/h6-9,12,20H,3-5,10-11H2,1-2H3. The number of anilines is 1. The van der Waals surface area contributed by atoms with Crippen molar-refractivity contribution in [3.05, 3.63) is 41.6 Å². The van der Waals surface area contributed by atoms with E-state index in [0.29, 0.717) is 11.3 Å². The molecule has 3 rings (SSSR count). The highest BCUT2D eigenvalue weighted by molar-refractivity contribution is 6.15. The number of benzene rings is 1. The van der Waals surface area contributed by atoms with Crippen LogP contribution in [0.15, 0.2) is 36.0 Å². The Morgan fingerprint density at radius 1 is 1.04 bits per heavy atom. The average Bonchev–Trinajstić information content (AvgIpc) is 2.61. The highest BCUT2D eigenvalue weighted by Gasteiger charge is 2.38. The van der Waals surface area contributed by atoms with Gasteiger partial charge in [-0.3, -0.25) is 4.79 Å². The number of likely N-dealkylation sites (tertiary alicyclic amines) is 1. The van der Waals surface area contributed by atoms with Crippen LogP contribution in [0.2, 0.25) is 0 Å². The minimum Gasteiger partial charge on any atom is -0.419 e. The lowest BCUT2D eigenvalue weighted by atomic mass is 10.1. The molecule has 0 radical (unpaired) electrons. The van der Waals surface area contributed by atoms with Crippen molar-refractivity contribution >= 4 is 23.5 Å². The minimum atomic E-state index is -1.26. The van der Waals surface area contributed by atoms with Gasteiger partial charge in [-0.05, 0) is 43.5 Å². The molecule has 138 valence electrons. The highest BCUT2D eigenvalue weighted by atomic mass is 16.7. The molecule has 0 atom stereocenters. The Balaban J connectivity index is 1.65. The number of hydrogen-bond acceptors (Lipinski definition) is 6. The van der Waals surface area contributed by atoms with Gasteiger partial charge < -0.3 is 19.7 Å². The summed E-state index contributed by atoms with van der Waals surface area (Å²) in [7, 11) is 0. The smallest absolute Gasteiger partial charge is 0.350 e. The molecule has 26 heavy (non-hydrogen) atoms. The van der Waals surface area contributed by atoms with Crippen molar-refractivity contribution in [3.63, 3.8) is 0 Å². The van der Waals surface area contributed by atoms with Crippen molar-refractivity contribution in [2.75, 3.05) is 18.4 Å². The van der Waals surface area contributed by atoms with E-state index in [1.54, 1.807) is 24.3 Å². The van der Waals surface area contributed by atoms with E-state index >= 15 is 0 Å². The molecule has 0 bridgehead atoms. The fraction of sp³-hybridized carbons (Fsp3) is 0.421. The van der Waals surface area contributed by atoms with Gasteiger partial charge in [0.15, 0.2) is 5.57 Å². The molecule has 2 saturated heterocycles. The summed E-state index contributed by atoms with van der Waals surface area (Å²) in [4.78, 5) is 38.1. The average molecular weight is 358 g/mol. The first-order valence-electron chi connectivity index (χ1n) is 8.68. The number of cyclic esters (lactones) is 2. The van der Waals surface area contributed by atoms with Crippen molar-refractivity contribution < 1.29 is 23.9 Å². The third-order valence-electron chi connectivity index (χ3n) is 4.28. The summed E-state index contributed by atoms with van der Waals surface area (Å²) in [6.45, 7) is 4.58. The number of carbonyl (C=O) groups is 3. The monoisotopic (exact) mass is 358 g/mol. The summed E-state index contributed by atoms with van der Waals surface area (Å²) < 4.78 is 10.0. The lowest BCUT2D eigenvalue weighted by Crippen LogP contribution is -2.42. The minimum absolute atomic E-state index is 0.0243. The van der Waals surface area contributed by atoms with Gasteiger partial charge >= 0.3 is 11.9 Å². The zero-order chi connectivity index (χ0) is 18.7. The number of hydrogen-bond donors (Lipinski definition) is 1. The van der Waals surface area contributed by atoms with Crippen LogP contribution in [0, 0.1) is 0 Å². The van der Waals surface area contributed by atoms with E-state index in [9.17, 15) is 14.4 Å². The van der Waals surface area contributed by atoms with Crippen molar-refractivity contribution in [3.8, 4) is 0 Å². The predicted molar refractivity (Wildman–Crippen MR) is 94.2 cm³/mol. The van der Waals surface area contributed by atoms with Gasteiger partial charge in [-0.15, -0.1) is 0 Å². The van der Waals surface area contributed by atoms with Gasteiger partial charge in [0.25, 0.3) is 11.7 Å². The van der Waals surface area contributed by atoms with Gasteiger partial charge in [-0.1, -0.05) is 0 Å². The molecule has 0 unspecified atom stereocenters. The Morgan fingerprint density at radius 3 is 2.19 bits per heavy atom. The lowest BCUT2D eigenvalue weighted by molar-refractivity contribution is -0.222. The van der Waals surface area contributed by atoms with E-state index in [2.05, 4.69) is 5.32 Å². The molecule has 0 aliphatic carbocycles. The predicted octanol–water partition coefficient (Wildman–Crippen LogP) is 2.44. The fourth-order valence-corrected chi connectivity index (χ4v) is 2.92. The highest BCUT2D eigenvalue weighted by Crippen LogP contribution is 2.23.